The molecule has 0 rings (SSSR count). The van der Waals surface area contributed by atoms with Gasteiger partial charge in [0.1, 0.15) is 0 Å². The highest BCUT2D eigenvalue weighted by Crippen LogP contribution is 2.17. The molecule has 0 aliphatic heterocycles. The summed E-state index contributed by atoms with van der Waals surface area (Å²) in [5.74, 6) is 1.35. The molecule has 0 saturated heterocycles. The molecule has 0 radical (unpaired) electrons. The van der Waals surface area contributed by atoms with Gasteiger partial charge in [0.05, 0.1) is 6.10 Å². The van der Waals surface area contributed by atoms with E-state index in [4.69, 9.17) is 4.74 Å². The summed E-state index contributed by atoms with van der Waals surface area (Å²) in [4.78, 5) is 0. The van der Waals surface area contributed by atoms with E-state index in [1.165, 1.54) is 19.3 Å². The fourth-order valence-electron chi connectivity index (χ4n) is 2.13. The number of nitrogens with one attached hydrogen (secondary N) is 1. The average Bonchev–Trinajstić information content (AvgIpc) is 2.21. The highest BCUT2D eigenvalue weighted by molar-refractivity contribution is 4.79. The molecular weight excluding hydrogens is 198 g/mol. The Balaban J connectivity index is 4.25. The monoisotopic (exact) mass is 229 g/mol. The average molecular weight is 229 g/mol. The van der Waals surface area contributed by atoms with Gasteiger partial charge in [0.25, 0.3) is 0 Å². The lowest BCUT2D eigenvalue weighted by molar-refractivity contribution is 0.0292. The number of methoxy groups -OCH3 is 1. The Kier molecular flexibility index (Phi) is 8.96. The molecule has 2 unspecified atom stereocenters. The number of ether oxygens (including phenoxy) is 1. The van der Waals surface area contributed by atoms with Crippen LogP contribution in [0.2, 0.25) is 0 Å². The maximum atomic E-state index is 5.64. The smallest absolute Gasteiger partial charge is 0.0747 e. The molecule has 0 aromatic carbocycles. The SMILES string of the molecule is CCCNC(CCC(C)C)C(OC)C(C)C. The van der Waals surface area contributed by atoms with E-state index in [1.807, 2.05) is 7.11 Å². The van der Waals surface area contributed by atoms with Crippen LogP contribution >= 0.6 is 0 Å². The summed E-state index contributed by atoms with van der Waals surface area (Å²) in [6, 6.07) is 0.507. The summed E-state index contributed by atoms with van der Waals surface area (Å²) in [6.45, 7) is 12.4. The molecule has 98 valence electrons. The first-order valence-electron chi connectivity index (χ1n) is 6.79. The first kappa shape index (κ1) is 15.9. The minimum atomic E-state index is 0.338. The van der Waals surface area contributed by atoms with Crippen LogP contribution in [0.1, 0.15) is 53.9 Å². The lowest BCUT2D eigenvalue weighted by atomic mass is 9.93. The molecule has 2 atom stereocenters. The van der Waals surface area contributed by atoms with Crippen molar-refractivity contribution in [2.24, 2.45) is 11.8 Å². The second-order valence-electron chi connectivity index (χ2n) is 5.48. The van der Waals surface area contributed by atoms with E-state index < -0.39 is 0 Å². The van der Waals surface area contributed by atoms with E-state index in [-0.39, 0.29) is 0 Å². The van der Waals surface area contributed by atoms with E-state index in [0.717, 1.165) is 12.5 Å². The summed E-state index contributed by atoms with van der Waals surface area (Å²) in [5.41, 5.74) is 0. The van der Waals surface area contributed by atoms with Gasteiger partial charge >= 0.3 is 0 Å². The van der Waals surface area contributed by atoms with Crippen LogP contribution in [0.15, 0.2) is 0 Å². The van der Waals surface area contributed by atoms with Gasteiger partial charge in [-0.3, -0.25) is 0 Å². The van der Waals surface area contributed by atoms with E-state index in [1.54, 1.807) is 0 Å². The zero-order valence-electron chi connectivity index (χ0n) is 12.0. The van der Waals surface area contributed by atoms with Gasteiger partial charge in [-0.05, 0) is 37.6 Å². The highest BCUT2D eigenvalue weighted by atomic mass is 16.5. The summed E-state index contributed by atoms with van der Waals surface area (Å²) < 4.78 is 5.64. The van der Waals surface area contributed by atoms with Gasteiger partial charge in [-0.15, -0.1) is 0 Å². The maximum absolute atomic E-state index is 5.64. The molecule has 0 aliphatic carbocycles. The van der Waals surface area contributed by atoms with Crippen molar-refractivity contribution in [1.82, 2.24) is 5.32 Å². The molecule has 2 heteroatoms. The summed E-state index contributed by atoms with van der Waals surface area (Å²) >= 11 is 0. The molecule has 1 N–H and O–H groups in total. The molecule has 0 saturated carbocycles. The third-order valence-corrected chi connectivity index (χ3v) is 3.04. The molecule has 16 heavy (non-hydrogen) atoms. The third-order valence-electron chi connectivity index (χ3n) is 3.04. The van der Waals surface area contributed by atoms with Crippen LogP contribution in [0.5, 0.6) is 0 Å². The molecule has 2 nitrogen and oxygen atoms in total. The van der Waals surface area contributed by atoms with E-state index in [0.29, 0.717) is 18.1 Å². The molecule has 0 fully saturated rings. The molecule has 0 aliphatic rings. The van der Waals surface area contributed by atoms with Gasteiger partial charge in [0.15, 0.2) is 0 Å². The first-order valence-corrected chi connectivity index (χ1v) is 6.79. The number of rotatable bonds is 9. The molecule has 0 heterocycles. The van der Waals surface area contributed by atoms with Crippen LogP contribution < -0.4 is 5.32 Å². The standard InChI is InChI=1S/C14H31NO/c1-7-10-15-13(9-8-11(2)3)14(16-6)12(4)5/h11-15H,7-10H2,1-6H3. The Hall–Kier alpha value is -0.0800. The quantitative estimate of drug-likeness (QED) is 0.654. The molecule has 0 bridgehead atoms. The fraction of sp³-hybridized carbons (Fsp3) is 1.00. The van der Waals surface area contributed by atoms with Crippen LogP contribution in [0.3, 0.4) is 0 Å². The predicted molar refractivity (Wildman–Crippen MR) is 71.8 cm³/mol. The Bertz CT molecular complexity index is 157. The van der Waals surface area contributed by atoms with Crippen molar-refractivity contribution < 1.29 is 4.74 Å². The van der Waals surface area contributed by atoms with Crippen molar-refractivity contribution in [3.05, 3.63) is 0 Å². The molecular formula is C14H31NO. The van der Waals surface area contributed by atoms with Crippen LogP contribution in [0.25, 0.3) is 0 Å². The number of hydrogen-bond acceptors (Lipinski definition) is 2. The number of hydrogen-bond donors (Lipinski definition) is 1. The first-order chi connectivity index (χ1) is 7.52. The predicted octanol–water partition coefficient (Wildman–Crippen LogP) is 3.46. The van der Waals surface area contributed by atoms with Gasteiger partial charge in [0.2, 0.25) is 0 Å². The highest BCUT2D eigenvalue weighted by Gasteiger charge is 2.23. The Morgan fingerprint density at radius 1 is 1.06 bits per heavy atom. The minimum absolute atomic E-state index is 0.338. The lowest BCUT2D eigenvalue weighted by Gasteiger charge is -2.30. The lowest BCUT2D eigenvalue weighted by Crippen LogP contribution is -2.44. The fourth-order valence-corrected chi connectivity index (χ4v) is 2.13. The zero-order valence-corrected chi connectivity index (χ0v) is 12.0. The van der Waals surface area contributed by atoms with Crippen LogP contribution in [0.4, 0.5) is 0 Å². The molecule has 0 amide bonds. The van der Waals surface area contributed by atoms with Crippen molar-refractivity contribution in [2.75, 3.05) is 13.7 Å². The normalized spacial score (nSPS) is 15.8. The van der Waals surface area contributed by atoms with Crippen molar-refractivity contribution >= 4 is 0 Å². The Morgan fingerprint density at radius 2 is 1.69 bits per heavy atom. The summed E-state index contributed by atoms with van der Waals surface area (Å²) in [6.07, 6.45) is 4.01. The van der Waals surface area contributed by atoms with Gasteiger partial charge in [0, 0.05) is 13.2 Å². The molecule has 0 aromatic rings. The minimum Gasteiger partial charge on any atom is -0.380 e. The summed E-state index contributed by atoms with van der Waals surface area (Å²) in [7, 11) is 1.83. The van der Waals surface area contributed by atoms with Crippen molar-refractivity contribution in [3.63, 3.8) is 0 Å². The third kappa shape index (κ3) is 6.49. The Morgan fingerprint density at radius 3 is 2.06 bits per heavy atom. The topological polar surface area (TPSA) is 21.3 Å². The molecule has 0 spiro atoms. The second kappa shape index (κ2) is 9.00. The Labute approximate surface area is 102 Å². The second-order valence-corrected chi connectivity index (χ2v) is 5.48. The van der Waals surface area contributed by atoms with Crippen molar-refractivity contribution in [2.45, 2.75) is 66.0 Å². The maximum Gasteiger partial charge on any atom is 0.0747 e. The van der Waals surface area contributed by atoms with Crippen LogP contribution in [-0.2, 0) is 4.74 Å². The van der Waals surface area contributed by atoms with Gasteiger partial charge < -0.3 is 10.1 Å². The van der Waals surface area contributed by atoms with Crippen molar-refractivity contribution in [1.29, 1.82) is 0 Å². The van der Waals surface area contributed by atoms with Gasteiger partial charge in [-0.1, -0.05) is 34.6 Å². The van der Waals surface area contributed by atoms with E-state index >= 15 is 0 Å². The van der Waals surface area contributed by atoms with E-state index in [9.17, 15) is 0 Å². The zero-order chi connectivity index (χ0) is 12.6. The van der Waals surface area contributed by atoms with Crippen LogP contribution in [0, 0.1) is 11.8 Å². The largest absolute Gasteiger partial charge is 0.380 e. The van der Waals surface area contributed by atoms with E-state index in [2.05, 4.69) is 39.9 Å². The van der Waals surface area contributed by atoms with Gasteiger partial charge in [-0.25, -0.2) is 0 Å². The van der Waals surface area contributed by atoms with Crippen molar-refractivity contribution in [3.8, 4) is 0 Å². The molecule has 0 aromatic heterocycles. The summed E-state index contributed by atoms with van der Waals surface area (Å²) in [5, 5.41) is 3.63. The van der Waals surface area contributed by atoms with Crippen LogP contribution in [-0.4, -0.2) is 25.8 Å². The van der Waals surface area contributed by atoms with Gasteiger partial charge in [-0.2, -0.15) is 0 Å².